The fraction of sp³-hybridized carbons (Fsp3) is 0.500. The summed E-state index contributed by atoms with van der Waals surface area (Å²) >= 11 is 7.64. The first-order valence-corrected chi connectivity index (χ1v) is 11.0. The smallest absolute Gasteiger partial charge is 0.191 e. The molecule has 0 aliphatic carbocycles. The van der Waals surface area contributed by atoms with Crippen molar-refractivity contribution in [2.24, 2.45) is 4.99 Å². The lowest BCUT2D eigenvalue weighted by molar-refractivity contribution is 0.224. The van der Waals surface area contributed by atoms with Gasteiger partial charge in [-0.15, -0.1) is 11.3 Å². The largest absolute Gasteiger partial charge is 0.489 e. The summed E-state index contributed by atoms with van der Waals surface area (Å²) in [6, 6.07) is 7.39. The molecule has 3 rings (SSSR count). The van der Waals surface area contributed by atoms with E-state index >= 15 is 0 Å². The topological polar surface area (TPSA) is 61.8 Å². The number of halogens is 1. The average molecular weight is 422 g/mol. The van der Waals surface area contributed by atoms with Gasteiger partial charge in [0.15, 0.2) is 11.1 Å². The number of hydrogen-bond donors (Lipinski definition) is 2. The van der Waals surface area contributed by atoms with Gasteiger partial charge in [0, 0.05) is 43.5 Å². The van der Waals surface area contributed by atoms with Gasteiger partial charge in [0.05, 0.1) is 12.2 Å². The van der Waals surface area contributed by atoms with Crippen LogP contribution >= 0.6 is 22.9 Å². The lowest BCUT2D eigenvalue weighted by Gasteiger charge is -2.17. The molecule has 152 valence electrons. The molecule has 0 amide bonds. The van der Waals surface area contributed by atoms with E-state index in [2.05, 4.69) is 25.9 Å². The summed E-state index contributed by atoms with van der Waals surface area (Å²) in [6.07, 6.45) is 3.43. The first-order valence-electron chi connectivity index (χ1n) is 9.70. The molecule has 1 atom stereocenters. The standard InChI is InChI=1S/C20H28ClN5OS/c1-15(27-18-7-5-16(21)6-8-18)13-24-19(22-2)23-10-9-17-14-28-20(25-17)26-11-3-4-12-26/h5-8,14-15H,3-4,9-13H2,1-2H3,(H2,22,23,24). The highest BCUT2D eigenvalue weighted by molar-refractivity contribution is 7.13. The Morgan fingerprint density at radius 2 is 2.04 bits per heavy atom. The van der Waals surface area contributed by atoms with Crippen LogP contribution in [0.3, 0.4) is 0 Å². The van der Waals surface area contributed by atoms with Crippen molar-refractivity contribution >= 4 is 34.0 Å². The lowest BCUT2D eigenvalue weighted by Crippen LogP contribution is -2.42. The van der Waals surface area contributed by atoms with Crippen LogP contribution in [0.4, 0.5) is 5.13 Å². The summed E-state index contributed by atoms with van der Waals surface area (Å²) in [5.74, 6) is 1.57. The molecule has 2 aromatic rings. The molecule has 1 aliphatic rings. The van der Waals surface area contributed by atoms with E-state index in [1.807, 2.05) is 31.2 Å². The van der Waals surface area contributed by atoms with Gasteiger partial charge in [-0.25, -0.2) is 4.98 Å². The number of ether oxygens (including phenoxy) is 1. The number of nitrogens with zero attached hydrogens (tertiary/aromatic N) is 3. The van der Waals surface area contributed by atoms with Crippen molar-refractivity contribution in [1.82, 2.24) is 15.6 Å². The maximum absolute atomic E-state index is 5.90. The number of aliphatic imine (C=N–C) groups is 1. The van der Waals surface area contributed by atoms with Crippen LogP contribution in [0.1, 0.15) is 25.5 Å². The summed E-state index contributed by atoms with van der Waals surface area (Å²) in [5.41, 5.74) is 1.13. The quantitative estimate of drug-likeness (QED) is 0.504. The Hall–Kier alpha value is -1.99. The van der Waals surface area contributed by atoms with E-state index in [4.69, 9.17) is 21.3 Å². The third-order valence-corrected chi connectivity index (χ3v) is 5.72. The molecule has 1 fully saturated rings. The Labute approximate surface area is 176 Å². The van der Waals surface area contributed by atoms with E-state index in [0.29, 0.717) is 11.6 Å². The zero-order chi connectivity index (χ0) is 19.8. The van der Waals surface area contributed by atoms with E-state index < -0.39 is 0 Å². The molecule has 2 N–H and O–H groups in total. The minimum atomic E-state index is 0.00119. The third kappa shape index (κ3) is 6.27. The van der Waals surface area contributed by atoms with Gasteiger partial charge in [0.2, 0.25) is 0 Å². The predicted octanol–water partition coefficient (Wildman–Crippen LogP) is 3.57. The van der Waals surface area contributed by atoms with Gasteiger partial charge in [-0.2, -0.15) is 0 Å². The van der Waals surface area contributed by atoms with Gasteiger partial charge < -0.3 is 20.3 Å². The van der Waals surface area contributed by atoms with Crippen LogP contribution in [0.25, 0.3) is 0 Å². The van der Waals surface area contributed by atoms with E-state index in [9.17, 15) is 0 Å². The molecule has 28 heavy (non-hydrogen) atoms. The number of anilines is 1. The van der Waals surface area contributed by atoms with Gasteiger partial charge in [-0.3, -0.25) is 4.99 Å². The summed E-state index contributed by atoms with van der Waals surface area (Å²) in [5, 5.41) is 10.7. The minimum absolute atomic E-state index is 0.00119. The Bertz CT molecular complexity index is 758. The number of nitrogens with one attached hydrogen (secondary N) is 2. The summed E-state index contributed by atoms with van der Waals surface area (Å²) in [4.78, 5) is 11.4. The fourth-order valence-electron chi connectivity index (χ4n) is 3.02. The molecule has 1 aromatic heterocycles. The van der Waals surface area contributed by atoms with Crippen LogP contribution in [0.2, 0.25) is 5.02 Å². The van der Waals surface area contributed by atoms with E-state index in [-0.39, 0.29) is 6.10 Å². The van der Waals surface area contributed by atoms with Crippen molar-refractivity contribution in [1.29, 1.82) is 0 Å². The molecule has 0 saturated carbocycles. The van der Waals surface area contributed by atoms with E-state index in [1.165, 1.54) is 12.8 Å². The molecular weight excluding hydrogens is 394 g/mol. The summed E-state index contributed by atoms with van der Waals surface area (Å²) < 4.78 is 5.87. The normalized spacial score (nSPS) is 15.5. The number of benzene rings is 1. The van der Waals surface area contributed by atoms with Gasteiger partial charge in [0.25, 0.3) is 0 Å². The zero-order valence-electron chi connectivity index (χ0n) is 16.4. The van der Waals surface area contributed by atoms with Crippen LogP contribution in [-0.4, -0.2) is 50.3 Å². The highest BCUT2D eigenvalue weighted by Gasteiger charge is 2.15. The fourth-order valence-corrected chi connectivity index (χ4v) is 4.06. The van der Waals surface area contributed by atoms with E-state index in [0.717, 1.165) is 48.6 Å². The second kappa shape index (κ2) is 10.5. The predicted molar refractivity (Wildman–Crippen MR) is 118 cm³/mol. The van der Waals surface area contributed by atoms with Crippen molar-refractivity contribution in [2.45, 2.75) is 32.3 Å². The number of hydrogen-bond acceptors (Lipinski definition) is 5. The first kappa shape index (κ1) is 20.7. The van der Waals surface area contributed by atoms with Crippen molar-refractivity contribution in [2.75, 3.05) is 38.1 Å². The number of aromatic nitrogens is 1. The van der Waals surface area contributed by atoms with Crippen molar-refractivity contribution in [3.63, 3.8) is 0 Å². The van der Waals surface area contributed by atoms with Crippen molar-refractivity contribution in [3.05, 3.63) is 40.4 Å². The maximum Gasteiger partial charge on any atom is 0.191 e. The number of thiazole rings is 1. The van der Waals surface area contributed by atoms with Crippen LogP contribution < -0.4 is 20.3 Å². The van der Waals surface area contributed by atoms with Crippen LogP contribution in [-0.2, 0) is 6.42 Å². The van der Waals surface area contributed by atoms with Crippen molar-refractivity contribution in [3.8, 4) is 5.75 Å². The van der Waals surface area contributed by atoms with E-state index in [1.54, 1.807) is 18.4 Å². The Kier molecular flexibility index (Phi) is 7.80. The Balaban J connectivity index is 1.36. The molecule has 0 radical (unpaired) electrons. The Morgan fingerprint density at radius 1 is 1.29 bits per heavy atom. The van der Waals surface area contributed by atoms with Crippen LogP contribution in [0.15, 0.2) is 34.6 Å². The van der Waals surface area contributed by atoms with Crippen LogP contribution in [0.5, 0.6) is 5.75 Å². The molecule has 6 nitrogen and oxygen atoms in total. The summed E-state index contributed by atoms with van der Waals surface area (Å²) in [6.45, 7) is 5.73. The molecule has 8 heteroatoms. The lowest BCUT2D eigenvalue weighted by atomic mass is 10.3. The minimum Gasteiger partial charge on any atom is -0.489 e. The molecule has 1 saturated heterocycles. The van der Waals surface area contributed by atoms with Gasteiger partial charge in [0.1, 0.15) is 11.9 Å². The van der Waals surface area contributed by atoms with Gasteiger partial charge >= 0.3 is 0 Å². The monoisotopic (exact) mass is 421 g/mol. The summed E-state index contributed by atoms with van der Waals surface area (Å²) in [7, 11) is 1.77. The average Bonchev–Trinajstić information content (AvgIpc) is 3.38. The molecule has 0 bridgehead atoms. The maximum atomic E-state index is 5.90. The highest BCUT2D eigenvalue weighted by Crippen LogP contribution is 2.24. The third-order valence-electron chi connectivity index (χ3n) is 4.52. The van der Waals surface area contributed by atoms with Gasteiger partial charge in [-0.05, 0) is 44.0 Å². The number of guanidine groups is 1. The van der Waals surface area contributed by atoms with Crippen LogP contribution in [0, 0.1) is 0 Å². The van der Waals surface area contributed by atoms with Crippen molar-refractivity contribution < 1.29 is 4.74 Å². The molecule has 1 unspecified atom stereocenters. The van der Waals surface area contributed by atoms with Gasteiger partial charge in [-0.1, -0.05) is 11.6 Å². The molecule has 1 aliphatic heterocycles. The highest BCUT2D eigenvalue weighted by atomic mass is 35.5. The zero-order valence-corrected chi connectivity index (χ0v) is 18.0. The Morgan fingerprint density at radius 3 is 2.75 bits per heavy atom. The SMILES string of the molecule is CN=C(NCCc1csc(N2CCCC2)n1)NCC(C)Oc1ccc(Cl)cc1. The second-order valence-corrected chi connectivity index (χ2v) is 8.10. The first-order chi connectivity index (χ1) is 13.6. The number of rotatable bonds is 8. The molecule has 2 heterocycles. The molecule has 0 spiro atoms. The molecule has 1 aromatic carbocycles. The second-order valence-electron chi connectivity index (χ2n) is 6.83. The molecular formula is C20H28ClN5OS.